The number of nitrogens with zero attached hydrogens (tertiary/aromatic N) is 7. The molecule has 4 aromatic rings. The Balaban J connectivity index is 1.73. The molecule has 13 nitrogen and oxygen atoms in total. The zero-order valence-corrected chi connectivity index (χ0v) is 19.2. The van der Waals surface area contributed by atoms with E-state index in [1.165, 1.54) is 13.3 Å². The quantitative estimate of drug-likeness (QED) is 0.328. The van der Waals surface area contributed by atoms with Crippen molar-refractivity contribution in [2.45, 2.75) is 0 Å². The van der Waals surface area contributed by atoms with E-state index in [0.29, 0.717) is 46.0 Å². The van der Waals surface area contributed by atoms with E-state index >= 15 is 0 Å². The summed E-state index contributed by atoms with van der Waals surface area (Å²) >= 11 is 0. The summed E-state index contributed by atoms with van der Waals surface area (Å²) in [5.41, 5.74) is 0.935. The number of carbonyl (C=O) groups excluding carboxylic acids is 1. The van der Waals surface area contributed by atoms with Gasteiger partial charge in [-0.1, -0.05) is 6.58 Å². The van der Waals surface area contributed by atoms with Crippen molar-refractivity contribution in [3.8, 4) is 22.9 Å². The van der Waals surface area contributed by atoms with Crippen LogP contribution in [0.25, 0.3) is 11.4 Å². The topological polar surface area (TPSA) is 154 Å². The molecule has 35 heavy (non-hydrogen) atoms. The predicted octanol–water partition coefficient (Wildman–Crippen LogP) is 2.44. The molecular weight excluding hydrogens is 452 g/mol. The molecule has 0 aromatic carbocycles. The summed E-state index contributed by atoms with van der Waals surface area (Å²) in [6.07, 6.45) is 6.00. The van der Waals surface area contributed by atoms with Gasteiger partial charge in [0.25, 0.3) is 5.91 Å². The number of aryl methyl sites for hydroxylation is 1. The first-order chi connectivity index (χ1) is 17.0. The van der Waals surface area contributed by atoms with Crippen LogP contribution in [-0.4, -0.2) is 55.1 Å². The van der Waals surface area contributed by atoms with Gasteiger partial charge in [0, 0.05) is 31.6 Å². The molecule has 0 aliphatic rings. The van der Waals surface area contributed by atoms with Crippen LogP contribution < -0.4 is 25.4 Å². The van der Waals surface area contributed by atoms with Crippen molar-refractivity contribution < 1.29 is 14.3 Å². The first-order valence-electron chi connectivity index (χ1n) is 10.2. The summed E-state index contributed by atoms with van der Waals surface area (Å²) in [5.74, 6) is 2.07. The highest BCUT2D eigenvalue weighted by Crippen LogP contribution is 2.35. The second kappa shape index (κ2) is 10.2. The van der Waals surface area contributed by atoms with Crippen molar-refractivity contribution in [3.63, 3.8) is 0 Å². The van der Waals surface area contributed by atoms with Gasteiger partial charge in [0.05, 0.1) is 25.5 Å². The van der Waals surface area contributed by atoms with Gasteiger partial charge in [-0.15, -0.1) is 10.2 Å². The third kappa shape index (κ3) is 5.13. The molecule has 13 heteroatoms. The van der Waals surface area contributed by atoms with Crippen LogP contribution in [-0.2, 0) is 7.05 Å². The van der Waals surface area contributed by atoms with Gasteiger partial charge in [-0.2, -0.15) is 5.10 Å². The minimum absolute atomic E-state index is 0.0132. The third-order valence-electron chi connectivity index (χ3n) is 4.67. The number of hydrogen-bond acceptors (Lipinski definition) is 11. The van der Waals surface area contributed by atoms with Gasteiger partial charge in [-0.05, 0) is 18.3 Å². The number of hydrogen-bond donors (Lipinski definition) is 3. The van der Waals surface area contributed by atoms with Crippen LogP contribution >= 0.6 is 0 Å². The molecule has 4 heterocycles. The second-order valence-electron chi connectivity index (χ2n) is 6.98. The zero-order chi connectivity index (χ0) is 24.8. The molecule has 178 valence electrons. The summed E-state index contributed by atoms with van der Waals surface area (Å²) in [4.78, 5) is 25.5. The fourth-order valence-electron chi connectivity index (χ4n) is 3.12. The summed E-state index contributed by atoms with van der Waals surface area (Å²) in [6.45, 7) is 3.52. The van der Waals surface area contributed by atoms with Gasteiger partial charge in [0.2, 0.25) is 0 Å². The highest BCUT2D eigenvalue weighted by Gasteiger charge is 2.20. The van der Waals surface area contributed by atoms with Gasteiger partial charge in [-0.25, -0.2) is 15.0 Å². The number of aromatic nitrogens is 7. The predicted molar refractivity (Wildman–Crippen MR) is 128 cm³/mol. The van der Waals surface area contributed by atoms with Crippen molar-refractivity contribution in [2.24, 2.45) is 7.05 Å². The maximum Gasteiger partial charge on any atom is 0.277 e. The molecule has 0 atom stereocenters. The maximum atomic E-state index is 12.6. The van der Waals surface area contributed by atoms with Gasteiger partial charge in [-0.3, -0.25) is 9.48 Å². The minimum atomic E-state index is -0.512. The lowest BCUT2D eigenvalue weighted by molar-refractivity contribution is 0.0965. The van der Waals surface area contributed by atoms with Gasteiger partial charge >= 0.3 is 0 Å². The van der Waals surface area contributed by atoms with Crippen LogP contribution in [0.2, 0.25) is 0 Å². The van der Waals surface area contributed by atoms with Crippen molar-refractivity contribution in [3.05, 3.63) is 61.5 Å². The largest absolute Gasteiger partial charge is 0.497 e. The van der Waals surface area contributed by atoms with E-state index in [2.05, 4.69) is 52.8 Å². The Labute approximate surface area is 200 Å². The minimum Gasteiger partial charge on any atom is -0.497 e. The molecule has 0 aliphatic heterocycles. The number of methoxy groups -OCH3 is 2. The van der Waals surface area contributed by atoms with Gasteiger partial charge in [0.1, 0.15) is 17.9 Å². The number of rotatable bonds is 9. The molecular formula is C22H22N10O3. The second-order valence-corrected chi connectivity index (χ2v) is 6.98. The Kier molecular flexibility index (Phi) is 6.76. The zero-order valence-electron chi connectivity index (χ0n) is 19.2. The number of nitrogens with one attached hydrogen (secondary N) is 3. The van der Waals surface area contributed by atoms with E-state index in [1.54, 1.807) is 61.8 Å². The van der Waals surface area contributed by atoms with E-state index in [-0.39, 0.29) is 5.69 Å². The van der Waals surface area contributed by atoms with Crippen LogP contribution in [0.4, 0.5) is 23.1 Å². The Morgan fingerprint density at radius 1 is 1.03 bits per heavy atom. The number of amides is 1. The summed E-state index contributed by atoms with van der Waals surface area (Å²) < 4.78 is 12.4. The lowest BCUT2D eigenvalue weighted by Crippen LogP contribution is -2.21. The molecule has 0 fully saturated rings. The number of pyridine rings is 2. The first-order valence-corrected chi connectivity index (χ1v) is 10.2. The fourth-order valence-corrected chi connectivity index (χ4v) is 3.12. The molecule has 0 aliphatic carbocycles. The summed E-state index contributed by atoms with van der Waals surface area (Å²) in [5, 5.41) is 21.2. The van der Waals surface area contributed by atoms with E-state index < -0.39 is 5.91 Å². The van der Waals surface area contributed by atoms with E-state index in [9.17, 15) is 4.79 Å². The molecule has 0 bridgehead atoms. The smallest absolute Gasteiger partial charge is 0.277 e. The summed E-state index contributed by atoms with van der Waals surface area (Å²) in [6, 6.07) is 6.74. The molecule has 0 saturated carbocycles. The molecule has 0 radical (unpaired) electrons. The average Bonchev–Trinajstić information content (AvgIpc) is 3.30. The van der Waals surface area contributed by atoms with E-state index in [0.717, 1.165) is 0 Å². The van der Waals surface area contributed by atoms with Crippen molar-refractivity contribution in [1.82, 2.24) is 40.2 Å². The van der Waals surface area contributed by atoms with Crippen LogP contribution in [0.1, 0.15) is 10.5 Å². The molecule has 1 amide bonds. The van der Waals surface area contributed by atoms with Crippen molar-refractivity contribution in [2.75, 3.05) is 24.9 Å². The summed E-state index contributed by atoms with van der Waals surface area (Å²) in [7, 11) is 4.83. The van der Waals surface area contributed by atoms with Crippen molar-refractivity contribution >= 4 is 29.0 Å². The SMILES string of the molecule is C=CNC(=O)c1nnc(Nc2cc(OC)ccn2)cc1Nc1nccc(-c2ncn(C)n2)c1OC. The highest BCUT2D eigenvalue weighted by atomic mass is 16.5. The molecule has 0 saturated heterocycles. The lowest BCUT2D eigenvalue weighted by atomic mass is 10.2. The third-order valence-corrected chi connectivity index (χ3v) is 4.67. The van der Waals surface area contributed by atoms with Gasteiger partial charge < -0.3 is 25.4 Å². The monoisotopic (exact) mass is 474 g/mol. The number of carbonyl (C=O) groups is 1. The molecule has 3 N–H and O–H groups in total. The van der Waals surface area contributed by atoms with E-state index in [4.69, 9.17) is 9.47 Å². The lowest BCUT2D eigenvalue weighted by Gasteiger charge is -2.15. The molecule has 0 unspecified atom stereocenters. The van der Waals surface area contributed by atoms with E-state index in [1.807, 2.05) is 0 Å². The number of ether oxygens (including phenoxy) is 2. The Bertz CT molecular complexity index is 1370. The van der Waals surface area contributed by atoms with Crippen LogP contribution in [0.15, 0.2) is 55.8 Å². The standard InChI is InChI=1S/C22H22N10O3/c1-5-23-22(33)18-15(11-17(29-30-18)28-16-10-13(34-3)6-8-24-16)27-21-19(35-4)14(7-9-25-21)20-26-12-32(2)31-20/h5-12H,1H2,2-4H3,(H,23,33)(H2,24,25,27,28,29). The molecule has 0 spiro atoms. The number of anilines is 4. The fraction of sp³-hybridized carbons (Fsp3) is 0.136. The van der Waals surface area contributed by atoms with Crippen LogP contribution in [0.3, 0.4) is 0 Å². The Morgan fingerprint density at radius 3 is 2.57 bits per heavy atom. The molecule has 4 rings (SSSR count). The Morgan fingerprint density at radius 2 is 1.86 bits per heavy atom. The van der Waals surface area contributed by atoms with Crippen molar-refractivity contribution in [1.29, 1.82) is 0 Å². The van der Waals surface area contributed by atoms with Gasteiger partial charge in [0.15, 0.2) is 28.9 Å². The van der Waals surface area contributed by atoms with Crippen LogP contribution in [0, 0.1) is 0 Å². The van der Waals surface area contributed by atoms with Crippen LogP contribution in [0.5, 0.6) is 11.5 Å². The maximum absolute atomic E-state index is 12.6. The normalized spacial score (nSPS) is 10.4. The first kappa shape index (κ1) is 23.1. The molecule has 4 aromatic heterocycles. The highest BCUT2D eigenvalue weighted by molar-refractivity contribution is 5.99. The average molecular weight is 474 g/mol. The Hall–Kier alpha value is -5.07.